The van der Waals surface area contributed by atoms with Crippen LogP contribution in [-0.2, 0) is 14.8 Å². The van der Waals surface area contributed by atoms with Gasteiger partial charge in [-0.25, -0.2) is 13.1 Å². The number of carboxylic acid groups (broad SMARTS) is 1. The summed E-state index contributed by atoms with van der Waals surface area (Å²) in [6.45, 7) is 0. The van der Waals surface area contributed by atoms with E-state index in [-0.39, 0.29) is 9.92 Å². The second-order valence-corrected chi connectivity index (χ2v) is 6.62. The molecule has 0 aliphatic heterocycles. The minimum Gasteiger partial charge on any atom is -0.481 e. The monoisotopic (exact) mass is 303 g/mol. The first-order valence-electron chi connectivity index (χ1n) is 5.91. The number of aliphatic carboxylic acids is 1. The van der Waals surface area contributed by atoms with Gasteiger partial charge in [0.15, 0.2) is 0 Å². The molecular formula is C12H14ClNO4S. The van der Waals surface area contributed by atoms with Crippen LogP contribution < -0.4 is 4.72 Å². The molecule has 1 saturated carbocycles. The van der Waals surface area contributed by atoms with Gasteiger partial charge in [0.1, 0.15) is 4.90 Å². The third-order valence-electron chi connectivity index (χ3n) is 3.27. The van der Waals surface area contributed by atoms with Gasteiger partial charge in [-0.3, -0.25) is 4.79 Å². The van der Waals surface area contributed by atoms with Gasteiger partial charge < -0.3 is 5.11 Å². The predicted molar refractivity (Wildman–Crippen MR) is 70.5 cm³/mol. The van der Waals surface area contributed by atoms with Gasteiger partial charge in [-0.1, -0.05) is 30.2 Å². The molecule has 0 radical (unpaired) electrons. The van der Waals surface area contributed by atoms with E-state index in [1.54, 1.807) is 12.1 Å². The molecule has 1 fully saturated rings. The number of carbonyl (C=O) groups is 1. The van der Waals surface area contributed by atoms with Crippen LogP contribution in [0.25, 0.3) is 0 Å². The fourth-order valence-corrected chi connectivity index (χ4v) is 4.15. The van der Waals surface area contributed by atoms with Gasteiger partial charge in [-0.05, 0) is 25.0 Å². The van der Waals surface area contributed by atoms with E-state index in [2.05, 4.69) is 4.72 Å². The zero-order chi connectivity index (χ0) is 14.0. The number of nitrogens with one attached hydrogen (secondary N) is 1. The summed E-state index contributed by atoms with van der Waals surface area (Å²) in [6, 6.07) is 5.52. The van der Waals surface area contributed by atoms with Crippen LogP contribution in [0.15, 0.2) is 29.2 Å². The summed E-state index contributed by atoms with van der Waals surface area (Å²) < 4.78 is 26.8. The number of hydrogen-bond acceptors (Lipinski definition) is 3. The molecule has 2 unspecified atom stereocenters. The van der Waals surface area contributed by atoms with Gasteiger partial charge in [0, 0.05) is 6.04 Å². The normalized spacial score (nSPS) is 23.4. The number of rotatable bonds is 4. The summed E-state index contributed by atoms with van der Waals surface area (Å²) in [4.78, 5) is 11.0. The van der Waals surface area contributed by atoms with Crippen LogP contribution in [0.3, 0.4) is 0 Å². The summed E-state index contributed by atoms with van der Waals surface area (Å²) in [5.41, 5.74) is 0. The Morgan fingerprint density at radius 3 is 2.63 bits per heavy atom. The highest BCUT2D eigenvalue weighted by Crippen LogP contribution is 2.28. The first-order valence-corrected chi connectivity index (χ1v) is 7.77. The van der Waals surface area contributed by atoms with Crippen LogP contribution in [0.4, 0.5) is 0 Å². The van der Waals surface area contributed by atoms with Crippen molar-refractivity contribution in [2.45, 2.75) is 30.2 Å². The minimum atomic E-state index is -3.79. The zero-order valence-corrected chi connectivity index (χ0v) is 11.6. The van der Waals surface area contributed by atoms with Gasteiger partial charge in [-0.15, -0.1) is 0 Å². The van der Waals surface area contributed by atoms with E-state index >= 15 is 0 Å². The minimum absolute atomic E-state index is 0.0206. The van der Waals surface area contributed by atoms with Crippen LogP contribution >= 0.6 is 11.6 Å². The fraction of sp³-hybridized carbons (Fsp3) is 0.417. The Labute approximate surface area is 116 Å². The van der Waals surface area contributed by atoms with E-state index in [9.17, 15) is 13.2 Å². The van der Waals surface area contributed by atoms with Crippen molar-refractivity contribution in [2.75, 3.05) is 0 Å². The molecular weight excluding hydrogens is 290 g/mol. The maximum atomic E-state index is 12.2. The van der Waals surface area contributed by atoms with Crippen molar-refractivity contribution >= 4 is 27.6 Å². The molecule has 19 heavy (non-hydrogen) atoms. The molecule has 0 saturated heterocycles. The van der Waals surface area contributed by atoms with Gasteiger partial charge >= 0.3 is 5.97 Å². The quantitative estimate of drug-likeness (QED) is 0.889. The van der Waals surface area contributed by atoms with Crippen molar-refractivity contribution in [3.8, 4) is 0 Å². The highest BCUT2D eigenvalue weighted by atomic mass is 35.5. The average Bonchev–Trinajstić information content (AvgIpc) is 2.76. The van der Waals surface area contributed by atoms with Crippen molar-refractivity contribution in [1.82, 2.24) is 4.72 Å². The lowest BCUT2D eigenvalue weighted by Gasteiger charge is -2.18. The second kappa shape index (κ2) is 5.48. The Bertz CT molecular complexity index is 587. The van der Waals surface area contributed by atoms with Crippen molar-refractivity contribution in [1.29, 1.82) is 0 Å². The molecule has 1 aromatic rings. The van der Waals surface area contributed by atoms with Gasteiger partial charge in [0.05, 0.1) is 10.9 Å². The van der Waals surface area contributed by atoms with Gasteiger partial charge in [-0.2, -0.15) is 0 Å². The molecule has 7 heteroatoms. The van der Waals surface area contributed by atoms with Crippen LogP contribution in [0, 0.1) is 5.92 Å². The molecule has 2 rings (SSSR count). The molecule has 2 atom stereocenters. The van der Waals surface area contributed by atoms with Crippen molar-refractivity contribution in [2.24, 2.45) is 5.92 Å². The largest absolute Gasteiger partial charge is 0.481 e. The number of benzene rings is 1. The van der Waals surface area contributed by atoms with E-state index in [0.29, 0.717) is 19.3 Å². The smallest absolute Gasteiger partial charge is 0.308 e. The van der Waals surface area contributed by atoms with Crippen LogP contribution in [0.1, 0.15) is 19.3 Å². The van der Waals surface area contributed by atoms with E-state index in [1.165, 1.54) is 12.1 Å². The summed E-state index contributed by atoms with van der Waals surface area (Å²) in [5, 5.41) is 9.17. The molecule has 0 bridgehead atoms. The summed E-state index contributed by atoms with van der Waals surface area (Å²) in [7, 11) is -3.79. The average molecular weight is 304 g/mol. The fourth-order valence-electron chi connectivity index (χ4n) is 2.32. The Kier molecular flexibility index (Phi) is 4.13. The second-order valence-electron chi connectivity index (χ2n) is 4.53. The van der Waals surface area contributed by atoms with E-state index in [4.69, 9.17) is 16.7 Å². The highest BCUT2D eigenvalue weighted by Gasteiger charge is 2.36. The van der Waals surface area contributed by atoms with Crippen LogP contribution in [0.2, 0.25) is 5.02 Å². The zero-order valence-electron chi connectivity index (χ0n) is 10.0. The number of carboxylic acids is 1. The van der Waals surface area contributed by atoms with Crippen LogP contribution in [-0.4, -0.2) is 25.5 Å². The lowest BCUT2D eigenvalue weighted by Crippen LogP contribution is -2.40. The van der Waals surface area contributed by atoms with Crippen molar-refractivity contribution < 1.29 is 18.3 Å². The molecule has 0 aromatic heterocycles. The molecule has 5 nitrogen and oxygen atoms in total. The summed E-state index contributed by atoms with van der Waals surface area (Å²) >= 11 is 5.86. The van der Waals surface area contributed by atoms with E-state index in [0.717, 1.165) is 0 Å². The van der Waals surface area contributed by atoms with E-state index in [1.807, 2.05) is 0 Å². The maximum absolute atomic E-state index is 12.2. The Hall–Kier alpha value is -1.11. The Morgan fingerprint density at radius 1 is 1.32 bits per heavy atom. The SMILES string of the molecule is O=C(O)C1CCCC1NS(=O)(=O)c1ccccc1Cl. The van der Waals surface area contributed by atoms with E-state index < -0.39 is 28.0 Å². The highest BCUT2D eigenvalue weighted by molar-refractivity contribution is 7.89. The van der Waals surface area contributed by atoms with Gasteiger partial charge in [0.2, 0.25) is 10.0 Å². The first kappa shape index (κ1) is 14.3. The number of sulfonamides is 1. The Balaban J connectivity index is 2.23. The molecule has 0 spiro atoms. The van der Waals surface area contributed by atoms with Gasteiger partial charge in [0.25, 0.3) is 0 Å². The molecule has 2 N–H and O–H groups in total. The lowest BCUT2D eigenvalue weighted by molar-refractivity contribution is -0.141. The molecule has 1 aliphatic rings. The number of hydrogen-bond donors (Lipinski definition) is 2. The molecule has 104 valence electrons. The van der Waals surface area contributed by atoms with Crippen molar-refractivity contribution in [3.63, 3.8) is 0 Å². The first-order chi connectivity index (χ1) is 8.92. The Morgan fingerprint density at radius 2 is 2.00 bits per heavy atom. The maximum Gasteiger partial charge on any atom is 0.308 e. The lowest BCUT2D eigenvalue weighted by atomic mass is 10.1. The predicted octanol–water partition coefficient (Wildman–Crippen LogP) is 1.87. The third-order valence-corrected chi connectivity index (χ3v) is 5.26. The standard InChI is InChI=1S/C12H14ClNO4S/c13-9-5-1-2-7-11(9)19(17,18)14-10-6-3-4-8(10)12(15)16/h1-2,5,7-8,10,14H,3-4,6H2,(H,15,16). The molecule has 0 heterocycles. The number of halogens is 1. The molecule has 1 aromatic carbocycles. The summed E-state index contributed by atoms with van der Waals surface area (Å²) in [5.74, 6) is -1.64. The topological polar surface area (TPSA) is 83.5 Å². The molecule has 1 aliphatic carbocycles. The van der Waals surface area contributed by atoms with Crippen molar-refractivity contribution in [3.05, 3.63) is 29.3 Å². The molecule has 0 amide bonds. The third kappa shape index (κ3) is 3.08. The summed E-state index contributed by atoms with van der Waals surface area (Å²) in [6.07, 6.45) is 1.72. The van der Waals surface area contributed by atoms with Crippen LogP contribution in [0.5, 0.6) is 0 Å².